The highest BCUT2D eigenvalue weighted by molar-refractivity contribution is 9.10. The molecule has 3 rings (SSSR count). The molecule has 1 aliphatic heterocycles. The number of hydrogen-bond acceptors (Lipinski definition) is 3. The number of rotatable bonds is 3. The zero-order valence-corrected chi connectivity index (χ0v) is 13.4. The van der Waals surface area contributed by atoms with Crippen LogP contribution in [0.2, 0.25) is 0 Å². The number of hydrogen-bond donors (Lipinski definition) is 0. The predicted octanol–water partition coefficient (Wildman–Crippen LogP) is 3.80. The minimum Gasteiger partial charge on any atom is -0.465 e. The largest absolute Gasteiger partial charge is 0.465 e. The van der Waals surface area contributed by atoms with Gasteiger partial charge in [0, 0.05) is 23.2 Å². The molecule has 0 saturated heterocycles. The summed E-state index contributed by atoms with van der Waals surface area (Å²) >= 11 is 3.52. The van der Waals surface area contributed by atoms with Gasteiger partial charge in [-0.3, -0.25) is 0 Å². The highest BCUT2D eigenvalue weighted by Gasteiger charge is 2.19. The number of carbonyl (C=O) groups is 1. The van der Waals surface area contributed by atoms with Crippen LogP contribution in [-0.4, -0.2) is 19.6 Å². The average Bonchev–Trinajstić information content (AvgIpc) is 2.89. The molecule has 21 heavy (non-hydrogen) atoms. The van der Waals surface area contributed by atoms with Crippen LogP contribution in [0, 0.1) is 0 Å². The number of ether oxygens (including phenoxy) is 1. The van der Waals surface area contributed by atoms with Crippen molar-refractivity contribution < 1.29 is 9.53 Å². The zero-order chi connectivity index (χ0) is 14.8. The molecule has 0 aromatic heterocycles. The van der Waals surface area contributed by atoms with Gasteiger partial charge in [0.25, 0.3) is 0 Å². The fourth-order valence-corrected chi connectivity index (χ4v) is 3.10. The van der Waals surface area contributed by atoms with Gasteiger partial charge in [0.2, 0.25) is 0 Å². The molecule has 2 aromatic carbocycles. The fraction of sp³-hybridized carbons (Fsp3) is 0.235. The van der Waals surface area contributed by atoms with Gasteiger partial charge < -0.3 is 9.64 Å². The molecule has 0 aliphatic carbocycles. The minimum absolute atomic E-state index is 0.294. The van der Waals surface area contributed by atoms with Gasteiger partial charge in [0.15, 0.2) is 0 Å². The second kappa shape index (κ2) is 5.90. The molecule has 0 atom stereocenters. The SMILES string of the molecule is COC(=O)c1ccc(CN2CCc3cc(Br)ccc32)cc1. The molecule has 0 amide bonds. The fourth-order valence-electron chi connectivity index (χ4n) is 2.69. The van der Waals surface area contributed by atoms with Crippen molar-refractivity contribution in [3.63, 3.8) is 0 Å². The molecule has 1 aliphatic rings. The predicted molar refractivity (Wildman–Crippen MR) is 86.7 cm³/mol. The van der Waals surface area contributed by atoms with Crippen LogP contribution in [0.25, 0.3) is 0 Å². The van der Waals surface area contributed by atoms with E-state index in [9.17, 15) is 4.79 Å². The quantitative estimate of drug-likeness (QED) is 0.792. The zero-order valence-electron chi connectivity index (χ0n) is 11.8. The first-order valence-corrected chi connectivity index (χ1v) is 7.67. The lowest BCUT2D eigenvalue weighted by atomic mass is 10.1. The second-order valence-corrected chi connectivity index (χ2v) is 6.05. The topological polar surface area (TPSA) is 29.5 Å². The molecule has 0 fully saturated rings. The monoisotopic (exact) mass is 345 g/mol. The summed E-state index contributed by atoms with van der Waals surface area (Å²) in [5.74, 6) is -0.294. The van der Waals surface area contributed by atoms with Crippen molar-refractivity contribution >= 4 is 27.6 Å². The van der Waals surface area contributed by atoms with Gasteiger partial charge in [-0.15, -0.1) is 0 Å². The van der Waals surface area contributed by atoms with Gasteiger partial charge >= 0.3 is 5.97 Å². The number of carbonyl (C=O) groups excluding carboxylic acids is 1. The number of anilines is 1. The Labute approximate surface area is 132 Å². The van der Waals surface area contributed by atoms with Crippen LogP contribution in [0.4, 0.5) is 5.69 Å². The van der Waals surface area contributed by atoms with E-state index in [1.54, 1.807) is 0 Å². The van der Waals surface area contributed by atoms with Gasteiger partial charge in [-0.25, -0.2) is 4.79 Å². The van der Waals surface area contributed by atoms with Crippen molar-refractivity contribution in [1.82, 2.24) is 0 Å². The van der Waals surface area contributed by atoms with E-state index in [1.165, 1.54) is 23.9 Å². The lowest BCUT2D eigenvalue weighted by Crippen LogP contribution is -2.19. The lowest BCUT2D eigenvalue weighted by Gasteiger charge is -2.19. The maximum atomic E-state index is 11.4. The summed E-state index contributed by atoms with van der Waals surface area (Å²) in [4.78, 5) is 13.8. The lowest BCUT2D eigenvalue weighted by molar-refractivity contribution is 0.0600. The molecular formula is C17H16BrNO2. The average molecular weight is 346 g/mol. The second-order valence-electron chi connectivity index (χ2n) is 5.13. The first kappa shape index (κ1) is 14.1. The Morgan fingerprint density at radius 1 is 1.24 bits per heavy atom. The molecule has 2 aromatic rings. The van der Waals surface area contributed by atoms with Crippen molar-refractivity contribution in [2.45, 2.75) is 13.0 Å². The van der Waals surface area contributed by atoms with E-state index in [1.807, 2.05) is 24.3 Å². The number of methoxy groups -OCH3 is 1. The molecular weight excluding hydrogens is 330 g/mol. The van der Waals surface area contributed by atoms with Crippen molar-refractivity contribution in [2.24, 2.45) is 0 Å². The first-order valence-electron chi connectivity index (χ1n) is 6.88. The van der Waals surface area contributed by atoms with Crippen LogP contribution in [-0.2, 0) is 17.7 Å². The Kier molecular flexibility index (Phi) is 3.97. The number of halogens is 1. The Morgan fingerprint density at radius 2 is 2.00 bits per heavy atom. The van der Waals surface area contributed by atoms with Gasteiger partial charge in [0.05, 0.1) is 12.7 Å². The highest BCUT2D eigenvalue weighted by Crippen LogP contribution is 2.31. The van der Waals surface area contributed by atoms with Gasteiger partial charge in [-0.05, 0) is 47.9 Å². The third-order valence-electron chi connectivity index (χ3n) is 3.78. The standard InChI is InChI=1S/C17H16BrNO2/c1-21-17(20)13-4-2-12(3-5-13)11-19-9-8-14-10-15(18)6-7-16(14)19/h2-7,10H,8-9,11H2,1H3. The van der Waals surface area contributed by atoms with Gasteiger partial charge in [-0.2, -0.15) is 0 Å². The van der Waals surface area contributed by atoms with E-state index in [0.717, 1.165) is 24.0 Å². The molecule has 0 unspecified atom stereocenters. The summed E-state index contributed by atoms with van der Waals surface area (Å²) in [5, 5.41) is 0. The smallest absolute Gasteiger partial charge is 0.337 e. The third-order valence-corrected chi connectivity index (χ3v) is 4.28. The minimum atomic E-state index is -0.294. The van der Waals surface area contributed by atoms with Crippen molar-refractivity contribution in [3.05, 3.63) is 63.6 Å². The summed E-state index contributed by atoms with van der Waals surface area (Å²) in [6, 6.07) is 14.0. The first-order chi connectivity index (χ1) is 10.2. The summed E-state index contributed by atoms with van der Waals surface area (Å²) in [7, 11) is 1.40. The number of benzene rings is 2. The van der Waals surface area contributed by atoms with Crippen LogP contribution < -0.4 is 4.90 Å². The van der Waals surface area contributed by atoms with E-state index in [4.69, 9.17) is 4.74 Å². The summed E-state index contributed by atoms with van der Waals surface area (Å²) in [6.07, 6.45) is 1.08. The van der Waals surface area contributed by atoms with E-state index in [2.05, 4.69) is 39.0 Å². The van der Waals surface area contributed by atoms with Crippen LogP contribution in [0.15, 0.2) is 46.9 Å². The maximum Gasteiger partial charge on any atom is 0.337 e. The third kappa shape index (κ3) is 2.95. The molecule has 0 radical (unpaired) electrons. The number of nitrogens with zero attached hydrogens (tertiary/aromatic N) is 1. The van der Waals surface area contributed by atoms with E-state index < -0.39 is 0 Å². The molecule has 108 valence electrons. The van der Waals surface area contributed by atoms with Gasteiger partial charge in [-0.1, -0.05) is 28.1 Å². The Morgan fingerprint density at radius 3 is 2.71 bits per heavy atom. The van der Waals surface area contributed by atoms with E-state index >= 15 is 0 Å². The summed E-state index contributed by atoms with van der Waals surface area (Å²) in [5.41, 5.74) is 4.47. The van der Waals surface area contributed by atoms with Crippen LogP contribution in [0.5, 0.6) is 0 Å². The molecule has 4 heteroatoms. The molecule has 1 heterocycles. The Bertz CT molecular complexity index is 667. The molecule has 0 spiro atoms. The summed E-state index contributed by atoms with van der Waals surface area (Å²) < 4.78 is 5.84. The Hall–Kier alpha value is -1.81. The highest BCUT2D eigenvalue weighted by atomic mass is 79.9. The normalized spacial score (nSPS) is 13.1. The van der Waals surface area contributed by atoms with Crippen LogP contribution in [0.1, 0.15) is 21.5 Å². The van der Waals surface area contributed by atoms with Crippen LogP contribution in [0.3, 0.4) is 0 Å². The van der Waals surface area contributed by atoms with Gasteiger partial charge in [0.1, 0.15) is 0 Å². The molecule has 3 nitrogen and oxygen atoms in total. The van der Waals surface area contributed by atoms with Crippen molar-refractivity contribution in [2.75, 3.05) is 18.6 Å². The molecule has 0 saturated carbocycles. The maximum absolute atomic E-state index is 11.4. The Balaban J connectivity index is 1.75. The van der Waals surface area contributed by atoms with Crippen LogP contribution >= 0.6 is 15.9 Å². The number of esters is 1. The van der Waals surface area contributed by atoms with E-state index in [-0.39, 0.29) is 5.97 Å². The van der Waals surface area contributed by atoms with Crippen molar-refractivity contribution in [3.8, 4) is 0 Å². The number of fused-ring (bicyclic) bond motifs is 1. The summed E-state index contributed by atoms with van der Waals surface area (Å²) in [6.45, 7) is 1.89. The van der Waals surface area contributed by atoms with E-state index in [0.29, 0.717) is 5.56 Å². The molecule has 0 bridgehead atoms. The van der Waals surface area contributed by atoms with Crippen molar-refractivity contribution in [1.29, 1.82) is 0 Å². The molecule has 0 N–H and O–H groups in total.